The molecule has 0 saturated carbocycles. The third-order valence-electron chi connectivity index (χ3n) is 3.28. The highest BCUT2D eigenvalue weighted by atomic mass is 16.4. The molecule has 0 amide bonds. The van der Waals surface area contributed by atoms with Gasteiger partial charge in [-0.3, -0.25) is 4.79 Å². The maximum Gasteiger partial charge on any atom is 0.303 e. The number of aliphatic carboxylic acids is 1. The molecule has 1 aromatic rings. The van der Waals surface area contributed by atoms with Gasteiger partial charge in [0.1, 0.15) is 0 Å². The first-order valence-corrected chi connectivity index (χ1v) is 6.72. The SMILES string of the molecule is CCCc1ccc(CCC(C)(C)CC(=O)O)cc1. The minimum Gasteiger partial charge on any atom is -0.481 e. The van der Waals surface area contributed by atoms with Gasteiger partial charge in [-0.05, 0) is 35.8 Å². The van der Waals surface area contributed by atoms with Crippen molar-refractivity contribution in [2.24, 2.45) is 5.41 Å². The van der Waals surface area contributed by atoms with Crippen LogP contribution >= 0.6 is 0 Å². The van der Waals surface area contributed by atoms with Crippen LogP contribution in [0.4, 0.5) is 0 Å². The molecule has 0 unspecified atom stereocenters. The maximum atomic E-state index is 10.7. The standard InChI is InChI=1S/C16H24O2/c1-4-5-13-6-8-14(9-7-13)10-11-16(2,3)12-15(17)18/h6-9H,4-5,10-12H2,1-3H3,(H,17,18). The first-order chi connectivity index (χ1) is 8.43. The Labute approximate surface area is 110 Å². The van der Waals surface area contributed by atoms with Crippen LogP contribution in [0.15, 0.2) is 24.3 Å². The Morgan fingerprint density at radius 1 is 1.11 bits per heavy atom. The highest BCUT2D eigenvalue weighted by Gasteiger charge is 2.21. The Hall–Kier alpha value is -1.31. The summed E-state index contributed by atoms with van der Waals surface area (Å²) in [6.07, 6.45) is 4.40. The molecule has 2 heteroatoms. The molecule has 0 heterocycles. The summed E-state index contributed by atoms with van der Waals surface area (Å²) in [6.45, 7) is 6.22. The first-order valence-electron chi connectivity index (χ1n) is 6.72. The number of rotatable bonds is 7. The second-order valence-corrected chi connectivity index (χ2v) is 5.80. The molecule has 0 radical (unpaired) electrons. The molecule has 0 spiro atoms. The van der Waals surface area contributed by atoms with E-state index < -0.39 is 5.97 Å². The summed E-state index contributed by atoms with van der Waals surface area (Å²) in [7, 11) is 0. The fraction of sp³-hybridized carbons (Fsp3) is 0.562. The summed E-state index contributed by atoms with van der Waals surface area (Å²) in [6, 6.07) is 8.70. The van der Waals surface area contributed by atoms with E-state index in [9.17, 15) is 4.79 Å². The highest BCUT2D eigenvalue weighted by Crippen LogP contribution is 2.27. The fourth-order valence-corrected chi connectivity index (χ4v) is 2.14. The largest absolute Gasteiger partial charge is 0.481 e. The van der Waals surface area contributed by atoms with Crippen molar-refractivity contribution in [2.45, 2.75) is 52.9 Å². The van der Waals surface area contributed by atoms with Crippen molar-refractivity contribution in [3.05, 3.63) is 35.4 Å². The number of hydrogen-bond acceptors (Lipinski definition) is 1. The lowest BCUT2D eigenvalue weighted by Crippen LogP contribution is -2.17. The molecular formula is C16H24O2. The van der Waals surface area contributed by atoms with E-state index in [1.807, 2.05) is 13.8 Å². The molecule has 0 aromatic heterocycles. The quantitative estimate of drug-likeness (QED) is 0.789. The lowest BCUT2D eigenvalue weighted by atomic mass is 9.83. The van der Waals surface area contributed by atoms with E-state index in [4.69, 9.17) is 5.11 Å². The van der Waals surface area contributed by atoms with Crippen LogP contribution < -0.4 is 0 Å². The van der Waals surface area contributed by atoms with E-state index in [1.165, 1.54) is 17.5 Å². The monoisotopic (exact) mass is 248 g/mol. The summed E-state index contributed by atoms with van der Waals surface area (Å²) in [5.74, 6) is -0.710. The zero-order valence-corrected chi connectivity index (χ0v) is 11.7. The topological polar surface area (TPSA) is 37.3 Å². The smallest absolute Gasteiger partial charge is 0.303 e. The zero-order valence-electron chi connectivity index (χ0n) is 11.7. The number of carbonyl (C=O) groups is 1. The number of carboxylic acids is 1. The molecule has 1 N–H and O–H groups in total. The molecule has 0 atom stereocenters. The van der Waals surface area contributed by atoms with Gasteiger partial charge in [0.2, 0.25) is 0 Å². The molecule has 18 heavy (non-hydrogen) atoms. The molecule has 0 bridgehead atoms. The molecule has 1 aromatic carbocycles. The molecule has 0 saturated heterocycles. The lowest BCUT2D eigenvalue weighted by Gasteiger charge is -2.22. The van der Waals surface area contributed by atoms with Crippen LogP contribution in [0.5, 0.6) is 0 Å². The summed E-state index contributed by atoms with van der Waals surface area (Å²) in [5, 5.41) is 8.84. The van der Waals surface area contributed by atoms with Crippen LogP contribution in [0.3, 0.4) is 0 Å². The van der Waals surface area contributed by atoms with Gasteiger partial charge in [-0.1, -0.05) is 51.5 Å². The van der Waals surface area contributed by atoms with Crippen LogP contribution in [0.1, 0.15) is 51.2 Å². The Morgan fingerprint density at radius 3 is 2.06 bits per heavy atom. The molecule has 0 aliphatic carbocycles. The molecule has 0 aliphatic rings. The van der Waals surface area contributed by atoms with Gasteiger partial charge < -0.3 is 5.11 Å². The van der Waals surface area contributed by atoms with Crippen molar-refractivity contribution in [3.63, 3.8) is 0 Å². The molecule has 100 valence electrons. The predicted molar refractivity (Wildman–Crippen MR) is 74.8 cm³/mol. The number of hydrogen-bond donors (Lipinski definition) is 1. The first kappa shape index (κ1) is 14.7. The lowest BCUT2D eigenvalue weighted by molar-refractivity contribution is -0.139. The number of carboxylic acid groups (broad SMARTS) is 1. The second-order valence-electron chi connectivity index (χ2n) is 5.80. The maximum absolute atomic E-state index is 10.7. The third kappa shape index (κ3) is 5.35. The van der Waals surface area contributed by atoms with E-state index >= 15 is 0 Å². The Balaban J connectivity index is 2.50. The van der Waals surface area contributed by atoms with Crippen molar-refractivity contribution >= 4 is 5.97 Å². The van der Waals surface area contributed by atoms with Crippen LogP contribution in [0.25, 0.3) is 0 Å². The van der Waals surface area contributed by atoms with Crippen LogP contribution in [0, 0.1) is 5.41 Å². The summed E-state index contributed by atoms with van der Waals surface area (Å²) < 4.78 is 0. The van der Waals surface area contributed by atoms with Gasteiger partial charge in [0.15, 0.2) is 0 Å². The van der Waals surface area contributed by atoms with Gasteiger partial charge in [-0.2, -0.15) is 0 Å². The Kier molecular flexibility index (Phi) is 5.39. The summed E-state index contributed by atoms with van der Waals surface area (Å²) >= 11 is 0. The van der Waals surface area contributed by atoms with Crippen LogP contribution in [0.2, 0.25) is 0 Å². The van der Waals surface area contributed by atoms with Crippen LogP contribution in [-0.4, -0.2) is 11.1 Å². The highest BCUT2D eigenvalue weighted by molar-refractivity contribution is 5.67. The van der Waals surface area contributed by atoms with Gasteiger partial charge in [0.25, 0.3) is 0 Å². The number of benzene rings is 1. The van der Waals surface area contributed by atoms with Crippen molar-refractivity contribution in [1.82, 2.24) is 0 Å². The average Bonchev–Trinajstić information content (AvgIpc) is 2.27. The molecular weight excluding hydrogens is 224 g/mol. The van der Waals surface area contributed by atoms with E-state index in [0.29, 0.717) is 0 Å². The van der Waals surface area contributed by atoms with E-state index in [-0.39, 0.29) is 11.8 Å². The van der Waals surface area contributed by atoms with Gasteiger partial charge in [-0.25, -0.2) is 0 Å². The third-order valence-corrected chi connectivity index (χ3v) is 3.28. The fourth-order valence-electron chi connectivity index (χ4n) is 2.14. The van der Waals surface area contributed by atoms with Gasteiger partial charge in [0, 0.05) is 0 Å². The van der Waals surface area contributed by atoms with Crippen molar-refractivity contribution < 1.29 is 9.90 Å². The van der Waals surface area contributed by atoms with Gasteiger partial charge in [0.05, 0.1) is 6.42 Å². The normalized spacial score (nSPS) is 11.5. The van der Waals surface area contributed by atoms with Crippen molar-refractivity contribution in [2.75, 3.05) is 0 Å². The molecule has 0 fully saturated rings. The van der Waals surface area contributed by atoms with Crippen molar-refractivity contribution in [1.29, 1.82) is 0 Å². The average molecular weight is 248 g/mol. The van der Waals surface area contributed by atoms with E-state index in [1.54, 1.807) is 0 Å². The molecule has 1 rings (SSSR count). The minimum absolute atomic E-state index is 0.131. The number of aryl methyl sites for hydroxylation is 2. The minimum atomic E-state index is -0.710. The molecule has 0 aliphatic heterocycles. The van der Waals surface area contributed by atoms with Crippen LogP contribution in [-0.2, 0) is 17.6 Å². The van der Waals surface area contributed by atoms with E-state index in [2.05, 4.69) is 31.2 Å². The summed E-state index contributed by atoms with van der Waals surface area (Å²) in [5.41, 5.74) is 2.55. The Morgan fingerprint density at radius 2 is 1.61 bits per heavy atom. The van der Waals surface area contributed by atoms with Gasteiger partial charge >= 0.3 is 5.97 Å². The summed E-state index contributed by atoms with van der Waals surface area (Å²) in [4.78, 5) is 10.7. The predicted octanol–water partition coefficient (Wildman–Crippen LogP) is 4.07. The van der Waals surface area contributed by atoms with E-state index in [0.717, 1.165) is 19.3 Å². The molecule has 2 nitrogen and oxygen atoms in total. The van der Waals surface area contributed by atoms with Crippen molar-refractivity contribution in [3.8, 4) is 0 Å². The van der Waals surface area contributed by atoms with Gasteiger partial charge in [-0.15, -0.1) is 0 Å². The second kappa shape index (κ2) is 6.58. The Bertz CT molecular complexity index is 377. The zero-order chi connectivity index (χ0) is 13.6.